The van der Waals surface area contributed by atoms with Crippen molar-refractivity contribution >= 4 is 17.3 Å². The first-order valence-electron chi connectivity index (χ1n) is 8.51. The predicted octanol–water partition coefficient (Wildman–Crippen LogP) is 4.10. The average Bonchev–Trinajstić information content (AvgIpc) is 2.69. The van der Waals surface area contributed by atoms with Crippen molar-refractivity contribution in [1.29, 1.82) is 0 Å². The first-order valence-corrected chi connectivity index (χ1v) is 8.89. The van der Waals surface area contributed by atoms with Crippen LogP contribution in [0.1, 0.15) is 11.1 Å². The van der Waals surface area contributed by atoms with E-state index in [0.717, 1.165) is 28.1 Å². The number of alkyl halides is 3. The molecule has 0 aliphatic heterocycles. The number of benzene rings is 1. The summed E-state index contributed by atoms with van der Waals surface area (Å²) in [5, 5.41) is 6.72. The number of para-hydroxylation sites is 1. The Labute approximate surface area is 168 Å². The van der Waals surface area contributed by atoms with E-state index < -0.39 is 17.3 Å². The molecule has 0 aliphatic rings. The van der Waals surface area contributed by atoms with Crippen molar-refractivity contribution in [3.8, 4) is 11.6 Å². The van der Waals surface area contributed by atoms with Gasteiger partial charge in [-0.05, 0) is 30.7 Å². The van der Waals surface area contributed by atoms with Gasteiger partial charge in [0, 0.05) is 12.7 Å². The van der Waals surface area contributed by atoms with Crippen molar-refractivity contribution in [2.24, 2.45) is 0 Å². The second-order valence-corrected chi connectivity index (χ2v) is 6.41. The van der Waals surface area contributed by atoms with Crippen molar-refractivity contribution < 1.29 is 17.9 Å². The molecule has 0 saturated carbocycles. The third kappa shape index (κ3) is 4.86. The Kier molecular flexibility index (Phi) is 6.07. The minimum absolute atomic E-state index is 0.0701. The molecule has 1 aromatic carbocycles. The van der Waals surface area contributed by atoms with Crippen LogP contribution in [0.25, 0.3) is 5.82 Å². The first kappa shape index (κ1) is 20.7. The highest BCUT2D eigenvalue weighted by molar-refractivity contribution is 6.32. The van der Waals surface area contributed by atoms with Gasteiger partial charge >= 0.3 is 6.18 Å². The zero-order valence-corrected chi connectivity index (χ0v) is 16.0. The van der Waals surface area contributed by atoms with E-state index in [4.69, 9.17) is 16.3 Å². The summed E-state index contributed by atoms with van der Waals surface area (Å²) >= 11 is 6.09. The van der Waals surface area contributed by atoms with Gasteiger partial charge < -0.3 is 10.1 Å². The van der Waals surface area contributed by atoms with Crippen molar-refractivity contribution in [2.75, 3.05) is 18.5 Å². The lowest BCUT2D eigenvalue weighted by molar-refractivity contribution is -0.137. The lowest BCUT2D eigenvalue weighted by Gasteiger charge is -2.12. The summed E-state index contributed by atoms with van der Waals surface area (Å²) in [6.07, 6.45) is -2.58. The largest absolute Gasteiger partial charge is 0.491 e. The number of hydrogen-bond acceptors (Lipinski definition) is 5. The second kappa shape index (κ2) is 8.52. The highest BCUT2D eigenvalue weighted by Gasteiger charge is 2.30. The third-order valence-electron chi connectivity index (χ3n) is 3.98. The van der Waals surface area contributed by atoms with E-state index in [1.807, 2.05) is 31.2 Å². The average molecular weight is 425 g/mol. The van der Waals surface area contributed by atoms with E-state index >= 15 is 0 Å². The lowest BCUT2D eigenvalue weighted by Crippen LogP contribution is -2.24. The van der Waals surface area contributed by atoms with Crippen molar-refractivity contribution in [3.63, 3.8) is 0 Å². The number of rotatable bonds is 6. The molecular formula is C19H16ClF3N4O2. The van der Waals surface area contributed by atoms with Crippen LogP contribution in [-0.2, 0) is 6.18 Å². The van der Waals surface area contributed by atoms with Gasteiger partial charge in [0.15, 0.2) is 5.82 Å². The molecule has 2 heterocycles. The fourth-order valence-corrected chi connectivity index (χ4v) is 2.66. The smallest absolute Gasteiger partial charge is 0.417 e. The summed E-state index contributed by atoms with van der Waals surface area (Å²) in [6, 6.07) is 9.43. The molecule has 152 valence electrons. The van der Waals surface area contributed by atoms with Gasteiger partial charge in [0.1, 0.15) is 17.4 Å². The van der Waals surface area contributed by atoms with Crippen LogP contribution in [-0.4, -0.2) is 27.9 Å². The van der Waals surface area contributed by atoms with E-state index in [0.29, 0.717) is 19.3 Å². The molecule has 0 spiro atoms. The molecular weight excluding hydrogens is 409 g/mol. The van der Waals surface area contributed by atoms with Crippen LogP contribution < -0.4 is 15.6 Å². The molecule has 29 heavy (non-hydrogen) atoms. The molecule has 0 atom stereocenters. The summed E-state index contributed by atoms with van der Waals surface area (Å²) < 4.78 is 44.4. The fourth-order valence-electron chi connectivity index (χ4n) is 2.46. The molecule has 0 amide bonds. The molecule has 1 N–H and O–H groups in total. The van der Waals surface area contributed by atoms with E-state index in [2.05, 4.69) is 15.4 Å². The van der Waals surface area contributed by atoms with Crippen LogP contribution in [0.3, 0.4) is 0 Å². The molecule has 0 unspecified atom stereocenters. The van der Waals surface area contributed by atoms with E-state index in [1.165, 1.54) is 6.20 Å². The van der Waals surface area contributed by atoms with Gasteiger partial charge in [0.05, 0.1) is 17.4 Å². The van der Waals surface area contributed by atoms with Gasteiger partial charge in [-0.1, -0.05) is 29.8 Å². The first-order chi connectivity index (χ1) is 13.8. The van der Waals surface area contributed by atoms with Crippen LogP contribution in [0.4, 0.5) is 18.9 Å². The quantitative estimate of drug-likeness (QED) is 0.603. The topological polar surface area (TPSA) is 69.0 Å². The Bertz CT molecular complexity index is 1050. The molecule has 3 aromatic rings. The molecule has 3 rings (SSSR count). The molecule has 10 heteroatoms. The predicted molar refractivity (Wildman–Crippen MR) is 103 cm³/mol. The minimum Gasteiger partial charge on any atom is -0.491 e. The SMILES string of the molecule is Cc1ccccc1OCCNc1cnn(-c2ccc(C(F)(F)F)cn2)c(=O)c1Cl. The number of pyridine rings is 1. The molecule has 0 saturated heterocycles. The maximum Gasteiger partial charge on any atom is 0.417 e. The molecule has 0 bridgehead atoms. The molecule has 0 aliphatic carbocycles. The van der Waals surface area contributed by atoms with Crippen molar-refractivity contribution in [3.05, 3.63) is 75.3 Å². The summed E-state index contributed by atoms with van der Waals surface area (Å²) in [6.45, 7) is 2.61. The zero-order valence-electron chi connectivity index (χ0n) is 15.2. The normalized spacial score (nSPS) is 11.3. The second-order valence-electron chi connectivity index (χ2n) is 6.03. The van der Waals surface area contributed by atoms with E-state index in [1.54, 1.807) is 0 Å². The van der Waals surface area contributed by atoms with Crippen molar-refractivity contribution in [2.45, 2.75) is 13.1 Å². The molecule has 2 aromatic heterocycles. The number of nitrogens with one attached hydrogen (secondary N) is 1. The Balaban J connectivity index is 1.68. The summed E-state index contributed by atoms with van der Waals surface area (Å²) in [4.78, 5) is 16.1. The Morgan fingerprint density at radius 3 is 2.59 bits per heavy atom. The number of anilines is 1. The van der Waals surface area contributed by atoms with Crippen LogP contribution in [0.2, 0.25) is 5.02 Å². The summed E-state index contributed by atoms with van der Waals surface area (Å²) in [7, 11) is 0. The standard InChI is InChI=1S/C19H16ClF3N4O2/c1-12-4-2-3-5-15(12)29-9-8-24-14-11-26-27(18(28)17(14)20)16-7-6-13(10-25-16)19(21,22)23/h2-7,10-11,24H,8-9H2,1H3. The van der Waals surface area contributed by atoms with Crippen LogP contribution in [0.5, 0.6) is 5.75 Å². The Hall–Kier alpha value is -3.07. The lowest BCUT2D eigenvalue weighted by atomic mass is 10.2. The highest BCUT2D eigenvalue weighted by Crippen LogP contribution is 2.28. The van der Waals surface area contributed by atoms with Gasteiger partial charge in [0.2, 0.25) is 0 Å². The molecule has 0 radical (unpaired) electrons. The molecule has 0 fully saturated rings. The number of aromatic nitrogens is 3. The van der Waals surface area contributed by atoms with E-state index in [9.17, 15) is 18.0 Å². The molecule has 6 nitrogen and oxygen atoms in total. The van der Waals surface area contributed by atoms with Gasteiger partial charge in [-0.15, -0.1) is 0 Å². The number of ether oxygens (including phenoxy) is 1. The Morgan fingerprint density at radius 1 is 1.17 bits per heavy atom. The minimum atomic E-state index is -4.52. The number of aryl methyl sites for hydroxylation is 1. The van der Waals surface area contributed by atoms with Gasteiger partial charge in [-0.2, -0.15) is 23.0 Å². The van der Waals surface area contributed by atoms with E-state index in [-0.39, 0.29) is 16.5 Å². The zero-order chi connectivity index (χ0) is 21.0. The maximum atomic E-state index is 12.6. The number of nitrogens with zero attached hydrogens (tertiary/aromatic N) is 3. The highest BCUT2D eigenvalue weighted by atomic mass is 35.5. The van der Waals surface area contributed by atoms with Crippen LogP contribution >= 0.6 is 11.6 Å². The van der Waals surface area contributed by atoms with Crippen molar-refractivity contribution in [1.82, 2.24) is 14.8 Å². The third-order valence-corrected chi connectivity index (χ3v) is 4.35. The number of hydrogen-bond donors (Lipinski definition) is 1. The summed E-state index contributed by atoms with van der Waals surface area (Å²) in [5.74, 6) is 0.682. The maximum absolute atomic E-state index is 12.6. The number of halogens is 4. The van der Waals surface area contributed by atoms with Gasteiger partial charge in [-0.25, -0.2) is 4.98 Å². The van der Waals surface area contributed by atoms with Crippen LogP contribution in [0.15, 0.2) is 53.6 Å². The van der Waals surface area contributed by atoms with Gasteiger partial charge in [-0.3, -0.25) is 4.79 Å². The fraction of sp³-hybridized carbons (Fsp3) is 0.211. The van der Waals surface area contributed by atoms with Gasteiger partial charge in [0.25, 0.3) is 5.56 Å². The monoisotopic (exact) mass is 424 g/mol. The summed E-state index contributed by atoms with van der Waals surface area (Å²) in [5.41, 5.74) is -0.344. The van der Waals surface area contributed by atoms with Crippen LogP contribution in [0, 0.1) is 6.92 Å². The Morgan fingerprint density at radius 2 is 1.93 bits per heavy atom.